The van der Waals surface area contributed by atoms with Gasteiger partial charge in [0.05, 0.1) is 18.8 Å². The van der Waals surface area contributed by atoms with E-state index >= 15 is 0 Å². The molecule has 1 aliphatic rings. The van der Waals surface area contributed by atoms with Gasteiger partial charge in [0.15, 0.2) is 0 Å². The van der Waals surface area contributed by atoms with E-state index in [-0.39, 0.29) is 0 Å². The number of β-amino-alcohol motifs (C(OH)–C–C–N with tert-alkyl or cyclic N) is 1. The van der Waals surface area contributed by atoms with Crippen molar-refractivity contribution in [2.24, 2.45) is 0 Å². The summed E-state index contributed by atoms with van der Waals surface area (Å²) >= 11 is 0. The van der Waals surface area contributed by atoms with E-state index in [0.29, 0.717) is 36.0 Å². The molecule has 1 atom stereocenters. The Labute approximate surface area is 219 Å². The number of aliphatic hydroxyl groups excluding tert-OH is 1. The molecule has 36 heavy (non-hydrogen) atoms. The summed E-state index contributed by atoms with van der Waals surface area (Å²) in [4.78, 5) is 2.24. The average molecular weight is 514 g/mol. The first-order valence-corrected chi connectivity index (χ1v) is 15.6. The minimum absolute atomic E-state index is 0.511. The van der Waals surface area contributed by atoms with Crippen LogP contribution in [0.3, 0.4) is 0 Å². The third kappa shape index (κ3) is 5.99. The van der Waals surface area contributed by atoms with E-state index < -0.39 is 20.0 Å². The maximum Gasteiger partial charge on any atom is 0.258 e. The van der Waals surface area contributed by atoms with Crippen LogP contribution in [0.15, 0.2) is 42.5 Å². The molecule has 6 heteroatoms. The summed E-state index contributed by atoms with van der Waals surface area (Å²) in [5.74, 6) is 1.71. The fourth-order valence-corrected chi connectivity index (χ4v) is 11.5. The molecule has 200 valence electrons. The van der Waals surface area contributed by atoms with Crippen LogP contribution in [0.25, 0.3) is 0 Å². The van der Waals surface area contributed by atoms with Crippen molar-refractivity contribution in [3.05, 3.63) is 59.2 Å². The second kappa shape index (κ2) is 11.7. The molecule has 1 heterocycles. The number of likely N-dealkylation sites (tertiary alicyclic amines) is 1. The van der Waals surface area contributed by atoms with Crippen molar-refractivity contribution < 1.29 is 19.4 Å². The highest BCUT2D eigenvalue weighted by molar-refractivity contribution is 6.78. The van der Waals surface area contributed by atoms with Gasteiger partial charge in [0, 0.05) is 19.6 Å². The zero-order valence-corrected chi connectivity index (χ0v) is 24.5. The van der Waals surface area contributed by atoms with E-state index in [9.17, 15) is 10.2 Å². The molecule has 0 amide bonds. The SMILES string of the molecule is COc1cccc(C2(O)CCN(CC(O)c3ccc(O[Si](C(C)C)(C(C)C)C(C)C)c(C)c3)CC2)c1. The van der Waals surface area contributed by atoms with E-state index in [4.69, 9.17) is 9.16 Å². The Balaban J connectivity index is 1.66. The van der Waals surface area contributed by atoms with E-state index in [0.717, 1.165) is 41.3 Å². The van der Waals surface area contributed by atoms with Crippen LogP contribution in [0.2, 0.25) is 16.6 Å². The molecule has 2 aromatic carbocycles. The quantitative estimate of drug-likeness (QED) is 0.352. The fraction of sp³-hybridized carbons (Fsp3) is 0.600. The van der Waals surface area contributed by atoms with Gasteiger partial charge in [-0.15, -0.1) is 0 Å². The van der Waals surface area contributed by atoms with Gasteiger partial charge >= 0.3 is 0 Å². The van der Waals surface area contributed by atoms with Crippen molar-refractivity contribution in [2.75, 3.05) is 26.7 Å². The molecule has 1 fully saturated rings. The molecule has 2 aromatic rings. The first-order valence-electron chi connectivity index (χ1n) is 13.5. The molecule has 1 unspecified atom stereocenters. The summed E-state index contributed by atoms with van der Waals surface area (Å²) in [5, 5.41) is 22.3. The van der Waals surface area contributed by atoms with Crippen LogP contribution in [-0.4, -0.2) is 50.2 Å². The van der Waals surface area contributed by atoms with Crippen molar-refractivity contribution in [2.45, 2.75) is 89.6 Å². The van der Waals surface area contributed by atoms with E-state index in [1.807, 2.05) is 30.3 Å². The fourth-order valence-electron chi connectivity index (χ4n) is 6.20. The smallest absolute Gasteiger partial charge is 0.258 e. The Kier molecular flexibility index (Phi) is 9.31. The summed E-state index contributed by atoms with van der Waals surface area (Å²) in [6.07, 6.45) is 0.679. The third-order valence-electron chi connectivity index (χ3n) is 8.30. The van der Waals surface area contributed by atoms with Gasteiger partial charge in [0.2, 0.25) is 0 Å². The number of hydrogen-bond acceptors (Lipinski definition) is 5. The summed E-state index contributed by atoms with van der Waals surface area (Å²) in [6.45, 7) is 17.9. The molecule has 2 N–H and O–H groups in total. The number of aliphatic hydroxyl groups is 2. The Morgan fingerprint density at radius 3 is 2.08 bits per heavy atom. The van der Waals surface area contributed by atoms with E-state index in [2.05, 4.69) is 65.5 Å². The van der Waals surface area contributed by atoms with Crippen LogP contribution in [-0.2, 0) is 5.60 Å². The van der Waals surface area contributed by atoms with Gasteiger partial charge in [0.1, 0.15) is 11.5 Å². The van der Waals surface area contributed by atoms with Crippen LogP contribution in [0.4, 0.5) is 0 Å². The average Bonchev–Trinajstić information content (AvgIpc) is 2.84. The van der Waals surface area contributed by atoms with Crippen LogP contribution in [0, 0.1) is 6.92 Å². The van der Waals surface area contributed by atoms with Gasteiger partial charge in [-0.05, 0) is 77.3 Å². The first kappa shape index (κ1) is 28.7. The van der Waals surface area contributed by atoms with Gasteiger partial charge in [-0.3, -0.25) is 0 Å². The van der Waals surface area contributed by atoms with Crippen molar-refractivity contribution >= 4 is 8.32 Å². The largest absolute Gasteiger partial charge is 0.543 e. The van der Waals surface area contributed by atoms with E-state index in [1.54, 1.807) is 7.11 Å². The number of hydrogen-bond donors (Lipinski definition) is 2. The molecule has 1 aliphatic heterocycles. The highest BCUT2D eigenvalue weighted by atomic mass is 28.4. The Hall–Kier alpha value is -1.86. The Morgan fingerprint density at radius 2 is 1.56 bits per heavy atom. The number of benzene rings is 2. The third-order valence-corrected chi connectivity index (χ3v) is 14.3. The second-order valence-electron chi connectivity index (χ2n) is 11.5. The van der Waals surface area contributed by atoms with Gasteiger partial charge in [-0.25, -0.2) is 0 Å². The highest BCUT2D eigenvalue weighted by Gasteiger charge is 2.47. The molecular formula is C30H47NO4Si. The van der Waals surface area contributed by atoms with Crippen molar-refractivity contribution in [1.82, 2.24) is 4.90 Å². The number of ether oxygens (including phenoxy) is 1. The highest BCUT2D eigenvalue weighted by Crippen LogP contribution is 2.43. The lowest BCUT2D eigenvalue weighted by Gasteiger charge is -2.42. The zero-order chi connectivity index (χ0) is 26.7. The number of rotatable bonds is 10. The number of nitrogens with zero attached hydrogens (tertiary/aromatic N) is 1. The maximum absolute atomic E-state index is 11.3. The summed E-state index contributed by atoms with van der Waals surface area (Å²) in [5.41, 5.74) is 3.57. The topological polar surface area (TPSA) is 62.2 Å². The molecule has 5 nitrogen and oxygen atoms in total. The second-order valence-corrected chi connectivity index (χ2v) is 16.9. The van der Waals surface area contributed by atoms with Crippen LogP contribution in [0.1, 0.15) is 77.2 Å². The molecule has 0 spiro atoms. The normalized spacial score (nSPS) is 17.6. The molecule has 1 saturated heterocycles. The van der Waals surface area contributed by atoms with Gasteiger partial charge < -0.3 is 24.3 Å². The Bertz CT molecular complexity index is 976. The number of piperidine rings is 1. The lowest BCUT2D eigenvalue weighted by molar-refractivity contribution is -0.0345. The summed E-state index contributed by atoms with van der Waals surface area (Å²) in [7, 11) is -0.386. The molecular weight excluding hydrogens is 466 g/mol. The van der Waals surface area contributed by atoms with Crippen LogP contribution >= 0.6 is 0 Å². The number of aryl methyl sites for hydroxylation is 1. The molecule has 3 rings (SSSR count). The summed E-state index contributed by atoms with van der Waals surface area (Å²) < 4.78 is 12.2. The first-order chi connectivity index (χ1) is 16.9. The molecule has 0 aliphatic carbocycles. The van der Waals surface area contributed by atoms with Crippen molar-refractivity contribution in [1.29, 1.82) is 0 Å². The minimum Gasteiger partial charge on any atom is -0.543 e. The monoisotopic (exact) mass is 513 g/mol. The predicted octanol–water partition coefficient (Wildman–Crippen LogP) is 6.57. The standard InChI is InChI=1S/C30H47NO4Si/c1-21(2)36(22(3)4,23(5)6)35-29-13-12-25(18-24(29)7)28(32)20-31-16-14-30(33,15-17-31)26-10-9-11-27(19-26)34-8/h9-13,18-19,21-23,28,32-33H,14-17,20H2,1-8H3. The van der Waals surface area contributed by atoms with Crippen molar-refractivity contribution in [3.63, 3.8) is 0 Å². The van der Waals surface area contributed by atoms with Crippen molar-refractivity contribution in [3.8, 4) is 11.5 Å². The zero-order valence-electron chi connectivity index (χ0n) is 23.5. The van der Waals surface area contributed by atoms with Gasteiger partial charge in [-0.1, -0.05) is 59.7 Å². The van der Waals surface area contributed by atoms with Gasteiger partial charge in [0.25, 0.3) is 8.32 Å². The number of methoxy groups -OCH3 is 1. The van der Waals surface area contributed by atoms with E-state index in [1.165, 1.54) is 0 Å². The maximum atomic E-state index is 11.3. The lowest BCUT2D eigenvalue weighted by atomic mass is 9.84. The molecule has 0 aromatic heterocycles. The Morgan fingerprint density at radius 1 is 0.944 bits per heavy atom. The summed E-state index contributed by atoms with van der Waals surface area (Å²) in [6, 6.07) is 13.9. The van der Waals surface area contributed by atoms with Crippen LogP contribution < -0.4 is 9.16 Å². The van der Waals surface area contributed by atoms with Gasteiger partial charge in [-0.2, -0.15) is 0 Å². The predicted molar refractivity (Wildman–Crippen MR) is 150 cm³/mol. The van der Waals surface area contributed by atoms with Crippen LogP contribution in [0.5, 0.6) is 11.5 Å². The minimum atomic E-state index is -2.03. The molecule has 0 bridgehead atoms. The molecule has 0 saturated carbocycles. The molecule has 0 radical (unpaired) electrons. The lowest BCUT2D eigenvalue weighted by Crippen LogP contribution is -2.50.